The predicted molar refractivity (Wildman–Crippen MR) is 96.9 cm³/mol. The second-order valence-electron chi connectivity index (χ2n) is 6.63. The van der Waals surface area contributed by atoms with Crippen molar-refractivity contribution in [3.05, 3.63) is 52.8 Å². The van der Waals surface area contributed by atoms with E-state index >= 15 is 0 Å². The van der Waals surface area contributed by atoms with Crippen LogP contribution in [0.2, 0.25) is 0 Å². The fourth-order valence-corrected chi connectivity index (χ4v) is 2.99. The number of benzene rings is 1. The molecule has 0 aliphatic heterocycles. The van der Waals surface area contributed by atoms with Crippen molar-refractivity contribution in [3.8, 4) is 0 Å². The Bertz CT molecular complexity index is 705. The molecule has 5 nitrogen and oxygen atoms in total. The molecule has 1 unspecified atom stereocenters. The summed E-state index contributed by atoms with van der Waals surface area (Å²) in [4.78, 5) is 16.8. The SMILES string of the molecule is Cc1cc(C)n(CCN(C)C(=O)C(c2ccccc2C)N(C)C)n1. The van der Waals surface area contributed by atoms with Gasteiger partial charge in [0.15, 0.2) is 0 Å². The summed E-state index contributed by atoms with van der Waals surface area (Å²) in [5.41, 5.74) is 4.32. The number of carbonyl (C=O) groups excluding carboxylic acids is 1. The van der Waals surface area contributed by atoms with Gasteiger partial charge in [-0.15, -0.1) is 0 Å². The predicted octanol–water partition coefficient (Wildman–Crippen LogP) is 2.57. The van der Waals surface area contributed by atoms with Gasteiger partial charge in [-0.1, -0.05) is 24.3 Å². The molecule has 24 heavy (non-hydrogen) atoms. The van der Waals surface area contributed by atoms with Crippen LogP contribution in [0, 0.1) is 20.8 Å². The van der Waals surface area contributed by atoms with Crippen LogP contribution in [-0.2, 0) is 11.3 Å². The Hall–Kier alpha value is -2.14. The van der Waals surface area contributed by atoms with Crippen molar-refractivity contribution < 1.29 is 4.79 Å². The van der Waals surface area contributed by atoms with Gasteiger partial charge in [-0.2, -0.15) is 5.10 Å². The summed E-state index contributed by atoms with van der Waals surface area (Å²) >= 11 is 0. The molecule has 130 valence electrons. The van der Waals surface area contributed by atoms with Crippen LogP contribution < -0.4 is 0 Å². The normalized spacial score (nSPS) is 12.5. The van der Waals surface area contributed by atoms with Crippen molar-refractivity contribution in [1.29, 1.82) is 0 Å². The Balaban J connectivity index is 2.12. The van der Waals surface area contributed by atoms with E-state index in [0.717, 1.165) is 22.5 Å². The molecule has 5 heteroatoms. The third kappa shape index (κ3) is 4.03. The minimum atomic E-state index is -0.267. The summed E-state index contributed by atoms with van der Waals surface area (Å²) in [5.74, 6) is 0.107. The van der Waals surface area contributed by atoms with Gasteiger partial charge in [0.1, 0.15) is 6.04 Å². The molecule has 2 aromatic rings. The van der Waals surface area contributed by atoms with E-state index < -0.39 is 0 Å². The second-order valence-corrected chi connectivity index (χ2v) is 6.63. The quantitative estimate of drug-likeness (QED) is 0.818. The molecule has 1 atom stereocenters. The highest BCUT2D eigenvalue weighted by Gasteiger charge is 2.27. The summed E-state index contributed by atoms with van der Waals surface area (Å²) in [6.45, 7) is 7.41. The highest BCUT2D eigenvalue weighted by atomic mass is 16.2. The van der Waals surface area contributed by atoms with Crippen LogP contribution in [0.15, 0.2) is 30.3 Å². The van der Waals surface area contributed by atoms with Gasteiger partial charge in [0.2, 0.25) is 5.91 Å². The van der Waals surface area contributed by atoms with Gasteiger partial charge in [0.25, 0.3) is 0 Å². The fourth-order valence-electron chi connectivity index (χ4n) is 2.99. The molecule has 0 aliphatic carbocycles. The third-order valence-corrected chi connectivity index (χ3v) is 4.36. The number of likely N-dealkylation sites (N-methyl/N-ethyl adjacent to an activating group) is 2. The lowest BCUT2D eigenvalue weighted by atomic mass is 9.99. The van der Waals surface area contributed by atoms with Gasteiger partial charge in [-0.05, 0) is 52.1 Å². The number of carbonyl (C=O) groups is 1. The minimum absolute atomic E-state index is 0.107. The van der Waals surface area contributed by atoms with Gasteiger partial charge in [0.05, 0.1) is 12.2 Å². The van der Waals surface area contributed by atoms with E-state index in [1.807, 2.05) is 62.8 Å². The lowest BCUT2D eigenvalue weighted by molar-refractivity contribution is -0.135. The number of nitrogens with zero attached hydrogens (tertiary/aromatic N) is 4. The van der Waals surface area contributed by atoms with E-state index in [-0.39, 0.29) is 11.9 Å². The number of hydrogen-bond donors (Lipinski definition) is 0. The van der Waals surface area contributed by atoms with Crippen molar-refractivity contribution >= 4 is 5.91 Å². The Morgan fingerprint density at radius 2 is 1.83 bits per heavy atom. The molecule has 1 aromatic heterocycles. The van der Waals surface area contributed by atoms with Crippen LogP contribution in [0.25, 0.3) is 0 Å². The molecule has 0 spiro atoms. The minimum Gasteiger partial charge on any atom is -0.342 e. The van der Waals surface area contributed by atoms with Crippen LogP contribution in [0.3, 0.4) is 0 Å². The zero-order valence-corrected chi connectivity index (χ0v) is 15.6. The fraction of sp³-hybridized carbons (Fsp3) is 0.474. The van der Waals surface area contributed by atoms with E-state index in [2.05, 4.69) is 24.2 Å². The first-order chi connectivity index (χ1) is 11.3. The lowest BCUT2D eigenvalue weighted by Crippen LogP contribution is -2.40. The summed E-state index contributed by atoms with van der Waals surface area (Å²) in [6, 6.07) is 9.86. The summed E-state index contributed by atoms with van der Waals surface area (Å²) in [5, 5.41) is 4.46. The highest BCUT2D eigenvalue weighted by Crippen LogP contribution is 2.23. The van der Waals surface area contributed by atoms with Gasteiger partial charge < -0.3 is 4.90 Å². The first-order valence-corrected chi connectivity index (χ1v) is 8.29. The molecule has 0 bridgehead atoms. The first kappa shape index (κ1) is 18.2. The molecule has 0 fully saturated rings. The van der Waals surface area contributed by atoms with E-state index in [4.69, 9.17) is 0 Å². The van der Waals surface area contributed by atoms with Crippen LogP contribution in [0.1, 0.15) is 28.6 Å². The maximum Gasteiger partial charge on any atom is 0.244 e. The van der Waals surface area contributed by atoms with E-state index in [1.54, 1.807) is 4.90 Å². The number of amides is 1. The molecule has 0 radical (unpaired) electrons. The number of hydrogen-bond acceptors (Lipinski definition) is 3. The van der Waals surface area contributed by atoms with Crippen LogP contribution in [-0.4, -0.2) is 53.2 Å². The molecule has 0 saturated carbocycles. The Morgan fingerprint density at radius 1 is 1.17 bits per heavy atom. The van der Waals surface area contributed by atoms with Crippen LogP contribution in [0.4, 0.5) is 0 Å². The summed E-state index contributed by atoms with van der Waals surface area (Å²) in [6.07, 6.45) is 0. The molecule has 2 rings (SSSR count). The third-order valence-electron chi connectivity index (χ3n) is 4.36. The number of aryl methyl sites for hydroxylation is 3. The molecule has 1 aromatic carbocycles. The second kappa shape index (κ2) is 7.62. The molecule has 1 heterocycles. The summed E-state index contributed by atoms with van der Waals surface area (Å²) < 4.78 is 1.96. The Kier molecular flexibility index (Phi) is 5.78. The van der Waals surface area contributed by atoms with Crippen LogP contribution >= 0.6 is 0 Å². The Morgan fingerprint density at radius 3 is 2.38 bits per heavy atom. The molecular weight excluding hydrogens is 300 g/mol. The monoisotopic (exact) mass is 328 g/mol. The van der Waals surface area contributed by atoms with E-state index in [0.29, 0.717) is 13.1 Å². The van der Waals surface area contributed by atoms with Gasteiger partial charge in [-0.3, -0.25) is 14.4 Å². The average molecular weight is 328 g/mol. The lowest BCUT2D eigenvalue weighted by Gasteiger charge is -2.29. The maximum absolute atomic E-state index is 13.0. The smallest absolute Gasteiger partial charge is 0.244 e. The maximum atomic E-state index is 13.0. The zero-order chi connectivity index (χ0) is 17.9. The van der Waals surface area contributed by atoms with Crippen molar-refractivity contribution in [3.63, 3.8) is 0 Å². The van der Waals surface area contributed by atoms with Gasteiger partial charge in [-0.25, -0.2) is 0 Å². The molecule has 1 amide bonds. The van der Waals surface area contributed by atoms with Crippen molar-refractivity contribution in [2.75, 3.05) is 27.7 Å². The van der Waals surface area contributed by atoms with E-state index in [9.17, 15) is 4.79 Å². The highest BCUT2D eigenvalue weighted by molar-refractivity contribution is 5.83. The largest absolute Gasteiger partial charge is 0.342 e. The molecular formula is C19H28N4O. The molecule has 0 saturated heterocycles. The van der Waals surface area contributed by atoms with Crippen LogP contribution in [0.5, 0.6) is 0 Å². The zero-order valence-electron chi connectivity index (χ0n) is 15.6. The van der Waals surface area contributed by atoms with Crippen molar-refractivity contribution in [2.24, 2.45) is 0 Å². The van der Waals surface area contributed by atoms with Gasteiger partial charge >= 0.3 is 0 Å². The topological polar surface area (TPSA) is 41.4 Å². The molecule has 0 N–H and O–H groups in total. The van der Waals surface area contributed by atoms with Crippen molar-refractivity contribution in [2.45, 2.75) is 33.4 Å². The number of aromatic nitrogens is 2. The van der Waals surface area contributed by atoms with Crippen molar-refractivity contribution in [1.82, 2.24) is 19.6 Å². The number of rotatable bonds is 6. The average Bonchev–Trinajstić information content (AvgIpc) is 2.84. The van der Waals surface area contributed by atoms with E-state index in [1.165, 1.54) is 0 Å². The Labute approximate surface area is 144 Å². The standard InChI is InChI=1S/C19H28N4O/c1-14-9-7-8-10-17(14)18(21(4)5)19(24)22(6)11-12-23-16(3)13-15(2)20-23/h7-10,13,18H,11-12H2,1-6H3. The van der Waals surface area contributed by atoms with Gasteiger partial charge in [0, 0.05) is 19.3 Å². The molecule has 0 aliphatic rings. The summed E-state index contributed by atoms with van der Waals surface area (Å²) in [7, 11) is 5.76. The first-order valence-electron chi connectivity index (χ1n) is 8.29.